The summed E-state index contributed by atoms with van der Waals surface area (Å²) >= 11 is 0. The van der Waals surface area contributed by atoms with E-state index >= 15 is 0 Å². The van der Waals surface area contributed by atoms with Crippen LogP contribution in [0, 0.1) is 5.82 Å². The Bertz CT molecular complexity index is 589. The maximum absolute atomic E-state index is 13.7. The van der Waals surface area contributed by atoms with Gasteiger partial charge in [0, 0.05) is 12.5 Å². The minimum atomic E-state index is -3.40. The molecule has 1 aromatic carbocycles. The quantitative estimate of drug-likeness (QED) is 0.567. The second kappa shape index (κ2) is 7.15. The van der Waals surface area contributed by atoms with E-state index in [0.717, 1.165) is 32.0 Å². The summed E-state index contributed by atoms with van der Waals surface area (Å²) in [6.07, 6.45) is -3.96. The van der Waals surface area contributed by atoms with Gasteiger partial charge in [-0.05, 0) is 26.0 Å². The van der Waals surface area contributed by atoms with E-state index in [4.69, 9.17) is 0 Å². The van der Waals surface area contributed by atoms with Gasteiger partial charge >= 0.3 is 6.11 Å². The summed E-state index contributed by atoms with van der Waals surface area (Å²) < 4.78 is 44.2. The zero-order valence-corrected chi connectivity index (χ0v) is 12.3. The van der Waals surface area contributed by atoms with Crippen molar-refractivity contribution in [3.63, 3.8) is 0 Å². The Morgan fingerprint density at radius 3 is 2.32 bits per heavy atom. The number of benzene rings is 1. The predicted molar refractivity (Wildman–Crippen MR) is 71.9 cm³/mol. The van der Waals surface area contributed by atoms with Crippen LogP contribution in [0.5, 0.6) is 5.75 Å². The molecule has 0 radical (unpaired) electrons. The Labute approximate surface area is 125 Å². The van der Waals surface area contributed by atoms with Crippen LogP contribution in [0.1, 0.15) is 27.2 Å². The molecular formula is C14H15F3N2O3. The highest BCUT2D eigenvalue weighted by Gasteiger charge is 2.28. The zero-order valence-electron chi connectivity index (χ0n) is 12.3. The van der Waals surface area contributed by atoms with Crippen LogP contribution >= 0.6 is 0 Å². The Kier molecular flexibility index (Phi) is 5.78. The molecular weight excluding hydrogens is 301 g/mol. The number of ether oxygens (including phenoxy) is 1. The van der Waals surface area contributed by atoms with Crippen molar-refractivity contribution in [2.24, 2.45) is 10.2 Å². The van der Waals surface area contributed by atoms with Gasteiger partial charge in [-0.1, -0.05) is 6.92 Å². The number of rotatable bonds is 7. The standard InChI is InChI=1S/C14H15F3N2O3/c1-4-14(16,17)22-10-5-6-12(11(15)7-10)18-19-13(8(2)20)9(3)21/h5-7,13H,4H2,1-3H3. The smallest absolute Gasteiger partial charge is 0.397 e. The molecule has 1 rings (SSSR count). The maximum atomic E-state index is 13.7. The first-order chi connectivity index (χ1) is 10.2. The highest BCUT2D eigenvalue weighted by atomic mass is 19.3. The van der Waals surface area contributed by atoms with Gasteiger partial charge in [0.05, 0.1) is 0 Å². The number of ketones is 2. The number of alkyl halides is 2. The van der Waals surface area contributed by atoms with E-state index in [1.807, 2.05) is 0 Å². The number of hydrogen-bond donors (Lipinski definition) is 0. The van der Waals surface area contributed by atoms with Crippen molar-refractivity contribution in [3.05, 3.63) is 24.0 Å². The molecule has 8 heteroatoms. The molecule has 120 valence electrons. The minimum absolute atomic E-state index is 0.292. The normalized spacial score (nSPS) is 12.0. The molecule has 0 bridgehead atoms. The highest BCUT2D eigenvalue weighted by molar-refractivity contribution is 6.04. The molecule has 0 fully saturated rings. The van der Waals surface area contributed by atoms with Crippen molar-refractivity contribution < 1.29 is 27.5 Å². The third-order valence-corrected chi connectivity index (χ3v) is 2.65. The lowest BCUT2D eigenvalue weighted by atomic mass is 10.1. The van der Waals surface area contributed by atoms with Crippen LogP contribution in [0.15, 0.2) is 28.4 Å². The van der Waals surface area contributed by atoms with Gasteiger partial charge in [-0.25, -0.2) is 4.39 Å². The topological polar surface area (TPSA) is 68.1 Å². The molecule has 0 atom stereocenters. The monoisotopic (exact) mass is 316 g/mol. The third-order valence-electron chi connectivity index (χ3n) is 2.65. The van der Waals surface area contributed by atoms with E-state index in [1.54, 1.807) is 0 Å². The maximum Gasteiger partial charge on any atom is 0.397 e. The number of carbonyl (C=O) groups is 2. The number of Topliss-reactive ketones (excluding diaryl/α,β-unsaturated/α-hetero) is 2. The minimum Gasteiger partial charge on any atom is -0.432 e. The Balaban J connectivity index is 2.95. The van der Waals surface area contributed by atoms with E-state index in [1.165, 1.54) is 6.92 Å². The third kappa shape index (κ3) is 4.94. The molecule has 0 N–H and O–H groups in total. The Morgan fingerprint density at radius 1 is 1.27 bits per heavy atom. The molecule has 0 aliphatic heterocycles. The fraction of sp³-hybridized carbons (Fsp3) is 0.429. The van der Waals surface area contributed by atoms with E-state index in [0.29, 0.717) is 0 Å². The van der Waals surface area contributed by atoms with Crippen LogP contribution in [0.4, 0.5) is 18.9 Å². The van der Waals surface area contributed by atoms with Gasteiger partial charge in [-0.3, -0.25) is 9.59 Å². The average Bonchev–Trinajstić information content (AvgIpc) is 2.40. The summed E-state index contributed by atoms with van der Waals surface area (Å²) in [5.74, 6) is -2.38. The van der Waals surface area contributed by atoms with Crippen molar-refractivity contribution in [2.75, 3.05) is 0 Å². The van der Waals surface area contributed by atoms with Gasteiger partial charge in [0.2, 0.25) is 0 Å². The van der Waals surface area contributed by atoms with Gasteiger partial charge in [-0.15, -0.1) is 0 Å². The summed E-state index contributed by atoms with van der Waals surface area (Å²) in [5.41, 5.74) is -0.292. The lowest BCUT2D eigenvalue weighted by Crippen LogP contribution is -2.23. The summed E-state index contributed by atoms with van der Waals surface area (Å²) in [5, 5.41) is 6.94. The van der Waals surface area contributed by atoms with Crippen molar-refractivity contribution in [1.29, 1.82) is 0 Å². The van der Waals surface area contributed by atoms with Crippen molar-refractivity contribution in [3.8, 4) is 5.75 Å². The Morgan fingerprint density at radius 2 is 1.86 bits per heavy atom. The fourth-order valence-electron chi connectivity index (χ4n) is 1.45. The van der Waals surface area contributed by atoms with Gasteiger partial charge in [0.15, 0.2) is 23.4 Å². The van der Waals surface area contributed by atoms with E-state index in [-0.39, 0.29) is 11.4 Å². The zero-order chi connectivity index (χ0) is 16.9. The van der Waals surface area contributed by atoms with Gasteiger partial charge < -0.3 is 4.74 Å². The summed E-state index contributed by atoms with van der Waals surface area (Å²) in [6, 6.07) is 1.59. The van der Waals surface area contributed by atoms with E-state index < -0.39 is 36.0 Å². The van der Waals surface area contributed by atoms with Crippen molar-refractivity contribution in [1.82, 2.24) is 0 Å². The number of azo groups is 1. The fourth-order valence-corrected chi connectivity index (χ4v) is 1.45. The second-order valence-electron chi connectivity index (χ2n) is 4.55. The van der Waals surface area contributed by atoms with Crippen LogP contribution < -0.4 is 4.74 Å². The molecule has 0 aliphatic carbocycles. The average molecular weight is 316 g/mol. The Hall–Kier alpha value is -2.25. The summed E-state index contributed by atoms with van der Waals surface area (Å²) in [7, 11) is 0. The first-order valence-electron chi connectivity index (χ1n) is 6.44. The van der Waals surface area contributed by atoms with Crippen LogP contribution in [-0.2, 0) is 9.59 Å². The number of carbonyl (C=O) groups excluding carboxylic acids is 2. The number of halogens is 3. The lowest BCUT2D eigenvalue weighted by molar-refractivity contribution is -0.177. The van der Waals surface area contributed by atoms with Crippen LogP contribution in [-0.4, -0.2) is 23.7 Å². The largest absolute Gasteiger partial charge is 0.432 e. The molecule has 0 heterocycles. The van der Waals surface area contributed by atoms with Crippen LogP contribution in [0.25, 0.3) is 0 Å². The molecule has 0 aromatic heterocycles. The number of nitrogens with zero attached hydrogens (tertiary/aromatic N) is 2. The number of hydrogen-bond acceptors (Lipinski definition) is 5. The van der Waals surface area contributed by atoms with Gasteiger partial charge in [-0.2, -0.15) is 19.0 Å². The van der Waals surface area contributed by atoms with E-state index in [9.17, 15) is 22.8 Å². The molecule has 5 nitrogen and oxygen atoms in total. The van der Waals surface area contributed by atoms with Crippen LogP contribution in [0.2, 0.25) is 0 Å². The van der Waals surface area contributed by atoms with Crippen molar-refractivity contribution >= 4 is 17.3 Å². The van der Waals surface area contributed by atoms with Crippen molar-refractivity contribution in [2.45, 2.75) is 39.3 Å². The summed E-state index contributed by atoms with van der Waals surface area (Å²) in [6.45, 7) is 3.54. The predicted octanol–water partition coefficient (Wildman–Crippen LogP) is 3.84. The molecule has 1 aromatic rings. The molecule has 0 amide bonds. The summed E-state index contributed by atoms with van der Waals surface area (Å²) in [4.78, 5) is 22.3. The molecule has 0 saturated carbocycles. The lowest BCUT2D eigenvalue weighted by Gasteiger charge is -2.16. The highest BCUT2D eigenvalue weighted by Crippen LogP contribution is 2.28. The molecule has 22 heavy (non-hydrogen) atoms. The van der Waals surface area contributed by atoms with Crippen LogP contribution in [0.3, 0.4) is 0 Å². The van der Waals surface area contributed by atoms with Gasteiger partial charge in [0.25, 0.3) is 0 Å². The molecule has 0 aliphatic rings. The van der Waals surface area contributed by atoms with E-state index in [2.05, 4.69) is 15.0 Å². The van der Waals surface area contributed by atoms with Gasteiger partial charge in [0.1, 0.15) is 11.4 Å². The molecule has 0 saturated heterocycles. The molecule has 0 unspecified atom stereocenters. The SMILES string of the molecule is CCC(F)(F)Oc1ccc(N=NC(C(C)=O)C(C)=O)c(F)c1. The first-order valence-corrected chi connectivity index (χ1v) is 6.44. The first kappa shape index (κ1) is 17.8. The molecule has 0 spiro atoms. The second-order valence-corrected chi connectivity index (χ2v) is 4.55.